The molecule has 0 saturated heterocycles. The molecule has 0 radical (unpaired) electrons. The van der Waals surface area contributed by atoms with Crippen LogP contribution in [0.5, 0.6) is 5.75 Å². The van der Waals surface area contributed by atoms with Gasteiger partial charge in [0, 0.05) is 35.0 Å². The summed E-state index contributed by atoms with van der Waals surface area (Å²) in [5, 5.41) is 11.7. The fourth-order valence-corrected chi connectivity index (χ4v) is 3.35. The maximum atomic E-state index is 11.7. The monoisotopic (exact) mass is 303 g/mol. The number of amides is 1. The van der Waals surface area contributed by atoms with Gasteiger partial charge in [-0.05, 0) is 24.3 Å². The molecule has 0 unspecified atom stereocenters. The number of hydrogen-bond acceptors (Lipinski definition) is 4. The highest BCUT2D eigenvalue weighted by atomic mass is 32.1. The first kappa shape index (κ1) is 13.6. The smallest absolute Gasteiger partial charge is 0.345 e. The second-order valence-corrected chi connectivity index (χ2v) is 5.78. The summed E-state index contributed by atoms with van der Waals surface area (Å²) in [4.78, 5) is 24.1. The van der Waals surface area contributed by atoms with E-state index >= 15 is 0 Å². The molecule has 1 amide bonds. The Balaban J connectivity index is 2.11. The first-order chi connectivity index (χ1) is 10.1. The van der Waals surface area contributed by atoms with Gasteiger partial charge < -0.3 is 15.2 Å². The molecule has 2 heterocycles. The number of carboxylic acids is 1. The first-order valence-electron chi connectivity index (χ1n) is 6.45. The molecule has 1 aromatic heterocycles. The summed E-state index contributed by atoms with van der Waals surface area (Å²) in [6.07, 6.45) is 0.664. The van der Waals surface area contributed by atoms with Gasteiger partial charge in [-0.3, -0.25) is 4.79 Å². The number of hydrogen-bond donors (Lipinski definition) is 2. The van der Waals surface area contributed by atoms with Gasteiger partial charge in [-0.1, -0.05) is 0 Å². The summed E-state index contributed by atoms with van der Waals surface area (Å²) < 4.78 is 5.70. The fraction of sp³-hybridized carbons (Fsp3) is 0.200. The van der Waals surface area contributed by atoms with Crippen molar-refractivity contribution in [3.63, 3.8) is 0 Å². The maximum Gasteiger partial charge on any atom is 0.345 e. The summed E-state index contributed by atoms with van der Waals surface area (Å²) in [7, 11) is 1.57. The fourth-order valence-electron chi connectivity index (χ4n) is 2.35. The van der Waals surface area contributed by atoms with Crippen LogP contribution in [0.25, 0.3) is 11.1 Å². The highest BCUT2D eigenvalue weighted by Crippen LogP contribution is 2.40. The molecule has 6 heteroatoms. The summed E-state index contributed by atoms with van der Waals surface area (Å²) in [5.41, 5.74) is 2.24. The van der Waals surface area contributed by atoms with E-state index in [2.05, 4.69) is 5.32 Å². The van der Waals surface area contributed by atoms with Crippen LogP contribution in [0.15, 0.2) is 24.3 Å². The molecule has 0 bridgehead atoms. The number of ether oxygens (including phenoxy) is 1. The molecule has 1 aromatic carbocycles. The van der Waals surface area contributed by atoms with E-state index < -0.39 is 5.97 Å². The molecule has 5 nitrogen and oxygen atoms in total. The molecule has 108 valence electrons. The highest BCUT2D eigenvalue weighted by Gasteiger charge is 2.21. The Labute approximate surface area is 125 Å². The van der Waals surface area contributed by atoms with E-state index in [1.54, 1.807) is 25.2 Å². The normalized spacial score (nSPS) is 12.6. The zero-order valence-corrected chi connectivity index (χ0v) is 12.1. The van der Waals surface area contributed by atoms with Crippen molar-refractivity contribution in [2.45, 2.75) is 6.42 Å². The van der Waals surface area contributed by atoms with Crippen molar-refractivity contribution in [1.29, 1.82) is 0 Å². The minimum atomic E-state index is -0.919. The summed E-state index contributed by atoms with van der Waals surface area (Å²) >= 11 is 1.28. The van der Waals surface area contributed by atoms with Crippen molar-refractivity contribution in [2.24, 2.45) is 0 Å². The second kappa shape index (κ2) is 5.21. The molecular weight excluding hydrogens is 290 g/mol. The lowest BCUT2D eigenvalue weighted by Gasteiger charge is -2.09. The van der Waals surface area contributed by atoms with Crippen molar-refractivity contribution < 1.29 is 19.4 Å². The lowest BCUT2D eigenvalue weighted by molar-refractivity contribution is 0.0702. The molecule has 2 aromatic rings. The van der Waals surface area contributed by atoms with Crippen LogP contribution >= 0.6 is 11.3 Å². The van der Waals surface area contributed by atoms with Crippen LogP contribution in [-0.2, 0) is 6.42 Å². The van der Waals surface area contributed by atoms with Crippen molar-refractivity contribution in [3.8, 4) is 16.9 Å². The van der Waals surface area contributed by atoms with Gasteiger partial charge in [0.2, 0.25) is 0 Å². The maximum absolute atomic E-state index is 11.7. The van der Waals surface area contributed by atoms with E-state index in [4.69, 9.17) is 9.84 Å². The van der Waals surface area contributed by atoms with Gasteiger partial charge in [0.1, 0.15) is 10.6 Å². The Morgan fingerprint density at radius 3 is 2.81 bits per heavy atom. The number of carboxylic acid groups (broad SMARTS) is 1. The second-order valence-electron chi connectivity index (χ2n) is 4.64. The molecule has 0 saturated carbocycles. The topological polar surface area (TPSA) is 75.6 Å². The van der Waals surface area contributed by atoms with Crippen LogP contribution in [0.3, 0.4) is 0 Å². The number of fused-ring (bicyclic) bond motifs is 3. The van der Waals surface area contributed by atoms with E-state index in [9.17, 15) is 9.59 Å². The first-order valence-corrected chi connectivity index (χ1v) is 7.27. The molecule has 1 aliphatic heterocycles. The van der Waals surface area contributed by atoms with Crippen LogP contribution in [0.4, 0.5) is 0 Å². The molecule has 2 N–H and O–H groups in total. The Kier molecular flexibility index (Phi) is 3.39. The highest BCUT2D eigenvalue weighted by molar-refractivity contribution is 7.14. The molecule has 3 rings (SSSR count). The van der Waals surface area contributed by atoms with Gasteiger partial charge in [0.25, 0.3) is 5.91 Å². The van der Waals surface area contributed by atoms with E-state index in [1.807, 2.05) is 6.07 Å². The number of carbonyl (C=O) groups excluding carboxylic acids is 1. The van der Waals surface area contributed by atoms with Gasteiger partial charge in [0.15, 0.2) is 0 Å². The standard InChI is InChI=1S/C15H13NO4S/c1-16-14(17)8-2-3-9-10-7-13(15(18)19)21-12(10)4-5-20-11(9)6-8/h2-3,6-7H,4-5H2,1H3,(H,16,17)(H,18,19). The summed E-state index contributed by atoms with van der Waals surface area (Å²) in [6.45, 7) is 0.469. The molecule has 1 aliphatic rings. The number of aromatic carboxylic acids is 1. The van der Waals surface area contributed by atoms with Crippen LogP contribution in [0.2, 0.25) is 0 Å². The molecular formula is C15H13NO4S. The molecule has 0 spiro atoms. The minimum Gasteiger partial charge on any atom is -0.493 e. The largest absolute Gasteiger partial charge is 0.493 e. The van der Waals surface area contributed by atoms with Crippen LogP contribution in [0, 0.1) is 0 Å². The van der Waals surface area contributed by atoms with Crippen molar-refractivity contribution >= 4 is 23.2 Å². The molecule has 21 heavy (non-hydrogen) atoms. The van der Waals surface area contributed by atoms with Crippen LogP contribution < -0.4 is 10.1 Å². The predicted octanol–water partition coefficient (Wildman–Crippen LogP) is 2.41. The third-order valence-electron chi connectivity index (χ3n) is 3.37. The van der Waals surface area contributed by atoms with Crippen molar-refractivity contribution in [3.05, 3.63) is 39.6 Å². The molecule has 0 fully saturated rings. The van der Waals surface area contributed by atoms with Crippen LogP contribution in [-0.4, -0.2) is 30.6 Å². The zero-order chi connectivity index (χ0) is 15.0. The Hall–Kier alpha value is -2.34. The van der Waals surface area contributed by atoms with E-state index in [0.717, 1.165) is 16.0 Å². The number of carbonyl (C=O) groups is 2. The number of rotatable bonds is 2. The third-order valence-corrected chi connectivity index (χ3v) is 4.55. The zero-order valence-electron chi connectivity index (χ0n) is 11.3. The van der Waals surface area contributed by atoms with Crippen molar-refractivity contribution in [1.82, 2.24) is 5.32 Å². The van der Waals surface area contributed by atoms with E-state index in [1.165, 1.54) is 11.3 Å². The molecule has 0 atom stereocenters. The van der Waals surface area contributed by atoms with Gasteiger partial charge in [-0.25, -0.2) is 4.79 Å². The third kappa shape index (κ3) is 2.38. The average molecular weight is 303 g/mol. The van der Waals surface area contributed by atoms with Gasteiger partial charge >= 0.3 is 5.97 Å². The van der Waals surface area contributed by atoms with Crippen molar-refractivity contribution in [2.75, 3.05) is 13.7 Å². The quantitative estimate of drug-likeness (QED) is 0.893. The van der Waals surface area contributed by atoms with Crippen LogP contribution in [0.1, 0.15) is 24.9 Å². The van der Waals surface area contributed by atoms with E-state index in [0.29, 0.717) is 29.2 Å². The number of benzene rings is 1. The number of thiophene rings is 1. The number of nitrogens with one attached hydrogen (secondary N) is 1. The Bertz CT molecular complexity index is 735. The summed E-state index contributed by atoms with van der Waals surface area (Å²) in [6, 6.07) is 6.90. The van der Waals surface area contributed by atoms with Gasteiger partial charge in [-0.2, -0.15) is 0 Å². The van der Waals surface area contributed by atoms with E-state index in [-0.39, 0.29) is 5.91 Å². The Morgan fingerprint density at radius 1 is 1.29 bits per heavy atom. The summed E-state index contributed by atoms with van der Waals surface area (Å²) in [5.74, 6) is -0.482. The minimum absolute atomic E-state index is 0.178. The van der Waals surface area contributed by atoms with Gasteiger partial charge in [0.05, 0.1) is 6.61 Å². The lowest BCUT2D eigenvalue weighted by atomic mass is 10.0. The molecule has 0 aliphatic carbocycles. The average Bonchev–Trinajstić information content (AvgIpc) is 2.83. The lowest BCUT2D eigenvalue weighted by Crippen LogP contribution is -2.17. The SMILES string of the molecule is CNC(=O)c1ccc2c(c1)OCCc1sc(C(=O)O)cc1-2. The Morgan fingerprint density at radius 2 is 2.10 bits per heavy atom. The van der Waals surface area contributed by atoms with Gasteiger partial charge in [-0.15, -0.1) is 11.3 Å². The predicted molar refractivity (Wildman–Crippen MR) is 79.3 cm³/mol.